The molecule has 0 saturated heterocycles. The second kappa shape index (κ2) is 6.58. The largest absolute Gasteiger partial charge is 0.444 e. The molecule has 1 amide bonds. The number of para-hydroxylation sites is 1. The van der Waals surface area contributed by atoms with Crippen LogP contribution in [-0.4, -0.2) is 11.1 Å². The highest BCUT2D eigenvalue weighted by atomic mass is 79.9. The van der Waals surface area contributed by atoms with Crippen molar-refractivity contribution in [1.29, 1.82) is 0 Å². The van der Waals surface area contributed by atoms with Crippen LogP contribution in [0.2, 0.25) is 0 Å². The molecule has 0 radical (unpaired) electrons. The Morgan fingerprint density at radius 2 is 1.95 bits per heavy atom. The van der Waals surface area contributed by atoms with Crippen molar-refractivity contribution in [2.24, 2.45) is 0 Å². The number of hydrogen-bond donors (Lipinski definition) is 1. The first kappa shape index (κ1) is 14.5. The number of hydrogen-bond acceptors (Lipinski definition) is 3. The monoisotopic (exact) mass is 356 g/mol. The summed E-state index contributed by atoms with van der Waals surface area (Å²) < 4.78 is 6.11. The molecule has 2 aromatic carbocycles. The third kappa shape index (κ3) is 3.43. The molecule has 3 rings (SSSR count). The van der Waals surface area contributed by atoms with Crippen molar-refractivity contribution >= 4 is 38.6 Å². The summed E-state index contributed by atoms with van der Waals surface area (Å²) in [5.41, 5.74) is 2.29. The molecule has 0 fully saturated rings. The normalized spacial score (nSPS) is 10.4. The molecule has 110 valence electrons. The Morgan fingerprint density at radius 3 is 2.77 bits per heavy atom. The van der Waals surface area contributed by atoms with Crippen molar-refractivity contribution in [3.05, 3.63) is 70.8 Å². The number of rotatable bonds is 3. The van der Waals surface area contributed by atoms with Crippen LogP contribution in [0.3, 0.4) is 0 Å². The minimum atomic E-state index is -0.499. The minimum Gasteiger partial charge on any atom is -0.444 e. The average molecular weight is 357 g/mol. The van der Waals surface area contributed by atoms with Gasteiger partial charge >= 0.3 is 6.09 Å². The zero-order chi connectivity index (χ0) is 15.4. The Morgan fingerprint density at radius 1 is 1.14 bits per heavy atom. The number of nitrogens with zero attached hydrogens (tertiary/aromatic N) is 1. The van der Waals surface area contributed by atoms with E-state index in [1.807, 2.05) is 48.5 Å². The summed E-state index contributed by atoms with van der Waals surface area (Å²) in [6.07, 6.45) is 1.20. The number of amides is 1. The predicted molar refractivity (Wildman–Crippen MR) is 89.7 cm³/mol. The number of anilines is 1. The molecular formula is C17H13BrN2O2. The van der Waals surface area contributed by atoms with Crippen LogP contribution in [0.15, 0.2) is 65.3 Å². The highest BCUT2D eigenvalue weighted by Crippen LogP contribution is 2.24. The number of aromatic nitrogens is 1. The van der Waals surface area contributed by atoms with Crippen LogP contribution < -0.4 is 5.32 Å². The van der Waals surface area contributed by atoms with Gasteiger partial charge in [-0.05, 0) is 33.6 Å². The third-order valence-electron chi connectivity index (χ3n) is 3.13. The second-order valence-corrected chi connectivity index (χ2v) is 5.63. The molecule has 0 aliphatic heterocycles. The molecule has 0 spiro atoms. The lowest BCUT2D eigenvalue weighted by Crippen LogP contribution is -2.13. The Labute approximate surface area is 136 Å². The van der Waals surface area contributed by atoms with E-state index in [9.17, 15) is 4.79 Å². The highest BCUT2D eigenvalue weighted by molar-refractivity contribution is 9.10. The van der Waals surface area contributed by atoms with Gasteiger partial charge in [-0.1, -0.05) is 42.5 Å². The van der Waals surface area contributed by atoms with Crippen LogP contribution in [0.25, 0.3) is 10.9 Å². The van der Waals surface area contributed by atoms with Gasteiger partial charge in [0.15, 0.2) is 0 Å². The molecule has 4 nitrogen and oxygen atoms in total. The van der Waals surface area contributed by atoms with Crippen molar-refractivity contribution in [2.45, 2.75) is 6.61 Å². The number of pyridine rings is 1. The van der Waals surface area contributed by atoms with Gasteiger partial charge in [-0.15, -0.1) is 0 Å². The van der Waals surface area contributed by atoms with Gasteiger partial charge in [0.2, 0.25) is 0 Å². The number of carbonyl (C=O) groups excluding carboxylic acids is 1. The summed E-state index contributed by atoms with van der Waals surface area (Å²) in [5, 5.41) is 3.68. The summed E-state index contributed by atoms with van der Waals surface area (Å²) in [7, 11) is 0. The fraction of sp³-hybridized carbons (Fsp3) is 0.0588. The summed E-state index contributed by atoms with van der Waals surface area (Å²) in [6.45, 7) is 0.233. The highest BCUT2D eigenvalue weighted by Gasteiger charge is 2.08. The van der Waals surface area contributed by atoms with Gasteiger partial charge in [-0.25, -0.2) is 4.79 Å². The lowest BCUT2D eigenvalue weighted by molar-refractivity contribution is 0.155. The van der Waals surface area contributed by atoms with E-state index in [1.54, 1.807) is 12.3 Å². The van der Waals surface area contributed by atoms with Gasteiger partial charge < -0.3 is 4.74 Å². The fourth-order valence-corrected chi connectivity index (χ4v) is 2.45. The Bertz CT molecular complexity index is 806. The molecule has 0 bridgehead atoms. The summed E-state index contributed by atoms with van der Waals surface area (Å²) in [5.74, 6) is 0. The second-order valence-electron chi connectivity index (χ2n) is 4.72. The molecule has 3 aromatic rings. The lowest BCUT2D eigenvalue weighted by atomic mass is 10.2. The maximum atomic E-state index is 11.9. The van der Waals surface area contributed by atoms with E-state index >= 15 is 0 Å². The molecule has 5 heteroatoms. The van der Waals surface area contributed by atoms with Gasteiger partial charge in [0, 0.05) is 16.1 Å². The molecule has 0 atom stereocenters. The van der Waals surface area contributed by atoms with Crippen LogP contribution in [0, 0.1) is 0 Å². The first-order chi connectivity index (χ1) is 10.7. The van der Waals surface area contributed by atoms with Gasteiger partial charge in [0.1, 0.15) is 6.61 Å². The minimum absolute atomic E-state index is 0.233. The molecular weight excluding hydrogens is 344 g/mol. The van der Waals surface area contributed by atoms with Crippen molar-refractivity contribution in [3.63, 3.8) is 0 Å². The molecule has 0 saturated carbocycles. The topological polar surface area (TPSA) is 51.2 Å². The number of benzene rings is 2. The fourth-order valence-electron chi connectivity index (χ4n) is 2.10. The van der Waals surface area contributed by atoms with E-state index < -0.39 is 6.09 Å². The zero-order valence-corrected chi connectivity index (χ0v) is 13.2. The summed E-state index contributed by atoms with van der Waals surface area (Å²) >= 11 is 3.38. The van der Waals surface area contributed by atoms with E-state index in [1.165, 1.54) is 0 Å². The van der Waals surface area contributed by atoms with Crippen LogP contribution in [0.1, 0.15) is 5.56 Å². The number of carbonyl (C=O) groups is 1. The quantitative estimate of drug-likeness (QED) is 0.736. The van der Waals surface area contributed by atoms with Crippen LogP contribution in [0.4, 0.5) is 10.5 Å². The summed E-state index contributed by atoms with van der Waals surface area (Å²) in [6, 6.07) is 17.1. The van der Waals surface area contributed by atoms with Crippen molar-refractivity contribution in [1.82, 2.24) is 4.98 Å². The molecule has 1 heterocycles. The predicted octanol–water partition coefficient (Wildman–Crippen LogP) is 4.75. The van der Waals surface area contributed by atoms with Crippen LogP contribution in [0.5, 0.6) is 0 Å². The molecule has 1 N–H and O–H groups in total. The Kier molecular flexibility index (Phi) is 4.34. The molecule has 0 aliphatic rings. The zero-order valence-electron chi connectivity index (χ0n) is 11.6. The van der Waals surface area contributed by atoms with E-state index in [2.05, 4.69) is 26.2 Å². The molecule has 0 unspecified atom stereocenters. The van der Waals surface area contributed by atoms with Crippen LogP contribution in [-0.2, 0) is 11.3 Å². The Hall–Kier alpha value is -2.40. The van der Waals surface area contributed by atoms with Gasteiger partial charge in [-0.2, -0.15) is 0 Å². The van der Waals surface area contributed by atoms with Crippen molar-refractivity contribution < 1.29 is 9.53 Å². The number of ether oxygens (including phenoxy) is 1. The van der Waals surface area contributed by atoms with Gasteiger partial charge in [0.05, 0.1) is 11.2 Å². The standard InChI is InChI=1S/C17H13BrN2O2/c18-14-9-13-7-4-8-15(16(13)19-10-14)20-17(21)22-11-12-5-2-1-3-6-12/h1-10H,11H2,(H,20,21). The smallest absolute Gasteiger partial charge is 0.412 e. The molecule has 22 heavy (non-hydrogen) atoms. The van der Waals surface area contributed by atoms with E-state index in [0.29, 0.717) is 5.69 Å². The molecule has 1 aromatic heterocycles. The van der Waals surface area contributed by atoms with E-state index in [4.69, 9.17) is 4.74 Å². The van der Waals surface area contributed by atoms with E-state index in [0.717, 1.165) is 20.9 Å². The van der Waals surface area contributed by atoms with Crippen molar-refractivity contribution in [2.75, 3.05) is 5.32 Å². The number of fused-ring (bicyclic) bond motifs is 1. The molecule has 0 aliphatic carbocycles. The average Bonchev–Trinajstić information content (AvgIpc) is 2.54. The first-order valence-corrected chi connectivity index (χ1v) is 7.53. The third-order valence-corrected chi connectivity index (χ3v) is 3.56. The maximum Gasteiger partial charge on any atom is 0.412 e. The maximum absolute atomic E-state index is 11.9. The van der Waals surface area contributed by atoms with E-state index in [-0.39, 0.29) is 6.61 Å². The number of nitrogens with one attached hydrogen (secondary N) is 1. The van der Waals surface area contributed by atoms with Crippen molar-refractivity contribution in [3.8, 4) is 0 Å². The summed E-state index contributed by atoms with van der Waals surface area (Å²) in [4.78, 5) is 16.3. The van der Waals surface area contributed by atoms with Gasteiger partial charge in [0.25, 0.3) is 0 Å². The lowest BCUT2D eigenvalue weighted by Gasteiger charge is -2.09. The number of halogens is 1. The first-order valence-electron chi connectivity index (χ1n) is 6.74. The Balaban J connectivity index is 1.71. The SMILES string of the molecule is O=C(Nc1cccc2cc(Br)cnc12)OCc1ccccc1. The van der Waals surface area contributed by atoms with Gasteiger partial charge in [-0.3, -0.25) is 10.3 Å². The van der Waals surface area contributed by atoms with Crippen LogP contribution >= 0.6 is 15.9 Å².